The van der Waals surface area contributed by atoms with Gasteiger partial charge in [0, 0.05) is 0 Å². The number of hydrogen-bond donors (Lipinski definition) is 0. The molecular weight excluding hydrogens is 135 g/mol. The van der Waals surface area contributed by atoms with Crippen LogP contribution in [0.5, 0.6) is 0 Å². The molecule has 0 bridgehead atoms. The molecule has 0 aliphatic heterocycles. The van der Waals surface area contributed by atoms with Crippen LogP contribution in [-0.4, -0.2) is 71.3 Å². The Morgan fingerprint density at radius 2 is 2.12 bits per heavy atom. The molecule has 44 valence electrons. The van der Waals surface area contributed by atoms with Crippen LogP contribution < -0.4 is 0 Å². The summed E-state index contributed by atoms with van der Waals surface area (Å²) in [4.78, 5) is 9.97. The number of carbonyl (C=O) groups is 1. The van der Waals surface area contributed by atoms with Gasteiger partial charge in [-0.2, -0.15) is 0 Å². The van der Waals surface area contributed by atoms with Gasteiger partial charge in [-0.1, -0.05) is 0 Å². The van der Waals surface area contributed by atoms with Gasteiger partial charge in [-0.3, -0.25) is 0 Å². The average molecular weight is 144 g/mol. The SMILES string of the molecule is CCOC(=O)OC.[KH]. The topological polar surface area (TPSA) is 35.5 Å². The third-order valence-electron chi connectivity index (χ3n) is 0.429. The molecule has 0 atom stereocenters. The zero-order valence-electron chi connectivity index (χ0n) is 4.43. The van der Waals surface area contributed by atoms with Gasteiger partial charge in [0.15, 0.2) is 0 Å². The van der Waals surface area contributed by atoms with Crippen molar-refractivity contribution in [2.24, 2.45) is 0 Å². The zero-order chi connectivity index (χ0) is 5.70. The van der Waals surface area contributed by atoms with Gasteiger partial charge >= 0.3 is 57.5 Å². The van der Waals surface area contributed by atoms with Crippen molar-refractivity contribution in [3.63, 3.8) is 0 Å². The number of methoxy groups -OCH3 is 1. The van der Waals surface area contributed by atoms with Crippen LogP contribution in [0.4, 0.5) is 4.79 Å². The molecule has 0 aliphatic rings. The van der Waals surface area contributed by atoms with E-state index < -0.39 is 6.16 Å². The molecule has 0 amide bonds. The molecule has 0 rings (SSSR count). The Hall–Kier alpha value is 0.906. The van der Waals surface area contributed by atoms with Crippen molar-refractivity contribution in [2.45, 2.75) is 6.92 Å². The van der Waals surface area contributed by atoms with Gasteiger partial charge in [-0.15, -0.1) is 0 Å². The van der Waals surface area contributed by atoms with Crippen LogP contribution in [0.3, 0.4) is 0 Å². The number of rotatable bonds is 1. The predicted molar refractivity (Wildman–Crippen MR) is 31.2 cm³/mol. The van der Waals surface area contributed by atoms with Gasteiger partial charge in [0.2, 0.25) is 0 Å². The minimum absolute atomic E-state index is 0. The molecule has 0 saturated carbocycles. The van der Waals surface area contributed by atoms with E-state index in [1.807, 2.05) is 0 Å². The summed E-state index contributed by atoms with van der Waals surface area (Å²) in [6, 6.07) is 0. The first-order chi connectivity index (χ1) is 3.31. The maximum absolute atomic E-state index is 9.97. The van der Waals surface area contributed by atoms with Crippen LogP contribution in [-0.2, 0) is 9.47 Å². The summed E-state index contributed by atoms with van der Waals surface area (Å²) in [5, 5.41) is 0. The van der Waals surface area contributed by atoms with Gasteiger partial charge in [0.25, 0.3) is 0 Å². The molecule has 0 aromatic heterocycles. The van der Waals surface area contributed by atoms with Crippen LogP contribution in [0.25, 0.3) is 0 Å². The second-order valence-corrected chi connectivity index (χ2v) is 0.887. The summed E-state index contributed by atoms with van der Waals surface area (Å²) in [7, 11) is 1.28. The first-order valence-electron chi connectivity index (χ1n) is 2.02. The van der Waals surface area contributed by atoms with E-state index in [4.69, 9.17) is 0 Å². The molecule has 0 N–H and O–H groups in total. The molecule has 3 nitrogen and oxygen atoms in total. The van der Waals surface area contributed by atoms with Gasteiger partial charge in [-0.25, -0.2) is 4.79 Å². The quantitative estimate of drug-likeness (QED) is 0.388. The first kappa shape index (κ1) is 11.7. The third-order valence-corrected chi connectivity index (χ3v) is 0.429. The van der Waals surface area contributed by atoms with Crippen molar-refractivity contribution in [1.29, 1.82) is 0 Å². The van der Waals surface area contributed by atoms with Crippen LogP contribution in [0.2, 0.25) is 0 Å². The number of hydrogen-bond acceptors (Lipinski definition) is 3. The van der Waals surface area contributed by atoms with Crippen LogP contribution in [0.15, 0.2) is 0 Å². The van der Waals surface area contributed by atoms with E-state index in [1.165, 1.54) is 7.11 Å². The fraction of sp³-hybridized carbons (Fsp3) is 0.750. The first-order valence-corrected chi connectivity index (χ1v) is 2.02. The molecular formula is C4H9KO3. The molecule has 0 spiro atoms. The van der Waals surface area contributed by atoms with E-state index in [0.717, 1.165) is 0 Å². The van der Waals surface area contributed by atoms with Gasteiger partial charge < -0.3 is 9.47 Å². The molecule has 0 heterocycles. The normalized spacial score (nSPS) is 6.75. The second kappa shape index (κ2) is 7.91. The molecule has 8 heavy (non-hydrogen) atoms. The Morgan fingerprint density at radius 3 is 2.25 bits per heavy atom. The Balaban J connectivity index is 0. The summed E-state index contributed by atoms with van der Waals surface area (Å²) in [6.45, 7) is 2.09. The molecule has 0 radical (unpaired) electrons. The van der Waals surface area contributed by atoms with Crippen molar-refractivity contribution in [3.05, 3.63) is 0 Å². The van der Waals surface area contributed by atoms with Crippen molar-refractivity contribution in [3.8, 4) is 0 Å². The van der Waals surface area contributed by atoms with Crippen LogP contribution >= 0.6 is 0 Å². The fourth-order valence-corrected chi connectivity index (χ4v) is 0.177. The van der Waals surface area contributed by atoms with Crippen molar-refractivity contribution in [1.82, 2.24) is 0 Å². The predicted octanol–water partition coefficient (Wildman–Crippen LogP) is 0.141. The van der Waals surface area contributed by atoms with Crippen molar-refractivity contribution >= 4 is 57.5 Å². The standard InChI is InChI=1S/C4H8O3.K.H/c1-3-7-4(5)6-2;;/h3H2,1-2H3;;. The number of ether oxygens (including phenoxy) is 2. The molecule has 4 heteroatoms. The third kappa shape index (κ3) is 6.91. The van der Waals surface area contributed by atoms with Crippen molar-refractivity contribution < 1.29 is 14.3 Å². The molecule has 0 saturated heterocycles. The minimum atomic E-state index is -0.623. The van der Waals surface area contributed by atoms with Crippen LogP contribution in [0, 0.1) is 0 Å². The van der Waals surface area contributed by atoms with Gasteiger partial charge in [0.05, 0.1) is 13.7 Å². The average Bonchev–Trinajstić information content (AvgIpc) is 1.68. The zero-order valence-corrected chi connectivity index (χ0v) is 4.43. The van der Waals surface area contributed by atoms with E-state index in [1.54, 1.807) is 6.92 Å². The summed E-state index contributed by atoms with van der Waals surface area (Å²) < 4.78 is 8.46. The summed E-state index contributed by atoms with van der Waals surface area (Å²) >= 11 is 0. The maximum atomic E-state index is 9.97. The Kier molecular flexibility index (Phi) is 11.5. The fourth-order valence-electron chi connectivity index (χ4n) is 0.177. The van der Waals surface area contributed by atoms with Gasteiger partial charge in [-0.05, 0) is 6.92 Å². The Labute approximate surface area is 91.1 Å². The Bertz CT molecular complexity index is 64.3. The van der Waals surface area contributed by atoms with Crippen molar-refractivity contribution in [2.75, 3.05) is 13.7 Å². The summed E-state index contributed by atoms with van der Waals surface area (Å²) in [6.07, 6.45) is -0.623. The molecule has 0 aromatic carbocycles. The van der Waals surface area contributed by atoms with E-state index in [2.05, 4.69) is 9.47 Å². The van der Waals surface area contributed by atoms with Gasteiger partial charge in [0.1, 0.15) is 0 Å². The summed E-state index contributed by atoms with van der Waals surface area (Å²) in [5.41, 5.74) is 0. The second-order valence-electron chi connectivity index (χ2n) is 0.887. The summed E-state index contributed by atoms with van der Waals surface area (Å²) in [5.74, 6) is 0. The van der Waals surface area contributed by atoms with E-state index in [9.17, 15) is 4.79 Å². The van der Waals surface area contributed by atoms with Crippen LogP contribution in [0.1, 0.15) is 6.92 Å². The molecule has 0 aromatic rings. The molecule has 0 unspecified atom stereocenters. The van der Waals surface area contributed by atoms with E-state index in [0.29, 0.717) is 6.61 Å². The molecule has 0 aliphatic carbocycles. The van der Waals surface area contributed by atoms with E-state index >= 15 is 0 Å². The monoisotopic (exact) mass is 144 g/mol. The number of carbonyl (C=O) groups excluding carboxylic acids is 1. The molecule has 0 fully saturated rings. The Morgan fingerprint density at radius 1 is 1.62 bits per heavy atom. The van der Waals surface area contributed by atoms with E-state index in [-0.39, 0.29) is 51.4 Å².